The Labute approximate surface area is 134 Å². The molecular formula is C16H16Br2S. The normalized spacial score (nSPS) is 31.2. The predicted octanol–water partition coefficient (Wildman–Crippen LogP) is 6.54. The molecule has 1 heterocycles. The molecule has 2 aromatic rings. The third-order valence-corrected chi connectivity index (χ3v) is 8.19. The average molecular weight is 400 g/mol. The first kappa shape index (κ1) is 12.8. The Morgan fingerprint density at radius 2 is 2.11 bits per heavy atom. The van der Waals surface area contributed by atoms with E-state index in [0.717, 1.165) is 17.8 Å². The maximum Gasteiger partial charge on any atom is 0.0488 e. The van der Waals surface area contributed by atoms with E-state index in [1.165, 1.54) is 45.8 Å². The van der Waals surface area contributed by atoms with Crippen molar-refractivity contribution in [2.45, 2.75) is 30.5 Å². The van der Waals surface area contributed by atoms with Crippen LogP contribution in [0.25, 0.3) is 10.1 Å². The second-order valence-electron chi connectivity index (χ2n) is 6.05. The zero-order valence-electron chi connectivity index (χ0n) is 10.6. The van der Waals surface area contributed by atoms with Crippen molar-refractivity contribution in [3.63, 3.8) is 0 Å². The molecule has 2 bridgehead atoms. The fourth-order valence-corrected chi connectivity index (χ4v) is 7.00. The zero-order valence-corrected chi connectivity index (χ0v) is 14.6. The lowest BCUT2D eigenvalue weighted by Gasteiger charge is -2.26. The highest BCUT2D eigenvalue weighted by Crippen LogP contribution is 2.56. The van der Waals surface area contributed by atoms with E-state index in [1.807, 2.05) is 11.3 Å². The second kappa shape index (κ2) is 4.85. The quantitative estimate of drug-likeness (QED) is 0.503. The first-order chi connectivity index (χ1) is 9.24. The van der Waals surface area contributed by atoms with Gasteiger partial charge in [0.15, 0.2) is 0 Å². The van der Waals surface area contributed by atoms with Crippen molar-refractivity contribution in [3.8, 4) is 0 Å². The van der Waals surface area contributed by atoms with E-state index in [2.05, 4.69) is 55.4 Å². The Bertz CT molecular complexity index is 618. The maximum atomic E-state index is 4.03. The van der Waals surface area contributed by atoms with Gasteiger partial charge in [-0.05, 0) is 75.3 Å². The fraction of sp³-hybridized carbons (Fsp3) is 0.500. The SMILES string of the molecule is Brc1cccc2c(C(Br)C3CC4CCC3C4)csc12. The molecule has 1 aromatic carbocycles. The smallest absolute Gasteiger partial charge is 0.0488 e. The van der Waals surface area contributed by atoms with Crippen LogP contribution in [0, 0.1) is 17.8 Å². The van der Waals surface area contributed by atoms with Crippen LogP contribution in [0.4, 0.5) is 0 Å². The molecule has 19 heavy (non-hydrogen) atoms. The predicted molar refractivity (Wildman–Crippen MR) is 90.1 cm³/mol. The lowest BCUT2D eigenvalue weighted by Crippen LogP contribution is -2.15. The van der Waals surface area contributed by atoms with Crippen LogP contribution in [0.5, 0.6) is 0 Å². The summed E-state index contributed by atoms with van der Waals surface area (Å²) < 4.78 is 2.62. The first-order valence-electron chi connectivity index (χ1n) is 7.03. The number of rotatable bonds is 2. The number of thiophene rings is 1. The second-order valence-corrected chi connectivity index (χ2v) is 8.77. The lowest BCUT2D eigenvalue weighted by atomic mass is 9.84. The van der Waals surface area contributed by atoms with Gasteiger partial charge in [0.25, 0.3) is 0 Å². The number of halogens is 2. The van der Waals surface area contributed by atoms with Crippen molar-refractivity contribution < 1.29 is 0 Å². The number of alkyl halides is 1. The summed E-state index contributed by atoms with van der Waals surface area (Å²) in [4.78, 5) is 0.547. The van der Waals surface area contributed by atoms with E-state index < -0.39 is 0 Å². The minimum atomic E-state index is 0.547. The molecule has 0 saturated heterocycles. The Morgan fingerprint density at radius 1 is 1.21 bits per heavy atom. The largest absolute Gasteiger partial charge is 0.142 e. The van der Waals surface area contributed by atoms with Gasteiger partial charge in [-0.15, -0.1) is 11.3 Å². The van der Waals surface area contributed by atoms with Crippen molar-refractivity contribution in [1.29, 1.82) is 0 Å². The van der Waals surface area contributed by atoms with Crippen LogP contribution in [-0.4, -0.2) is 0 Å². The molecule has 4 rings (SSSR count). The van der Waals surface area contributed by atoms with E-state index in [9.17, 15) is 0 Å². The van der Waals surface area contributed by atoms with Crippen LogP contribution in [0.1, 0.15) is 36.1 Å². The summed E-state index contributed by atoms with van der Waals surface area (Å²) in [5.41, 5.74) is 1.51. The molecule has 2 aliphatic carbocycles. The molecule has 100 valence electrons. The number of hydrogen-bond acceptors (Lipinski definition) is 1. The van der Waals surface area contributed by atoms with Crippen LogP contribution >= 0.6 is 43.2 Å². The molecule has 0 N–H and O–H groups in total. The minimum Gasteiger partial charge on any atom is -0.142 e. The van der Waals surface area contributed by atoms with Gasteiger partial charge in [0.1, 0.15) is 0 Å². The third kappa shape index (κ3) is 2.04. The van der Waals surface area contributed by atoms with Gasteiger partial charge in [0.2, 0.25) is 0 Å². The van der Waals surface area contributed by atoms with Gasteiger partial charge in [-0.3, -0.25) is 0 Å². The first-order valence-corrected chi connectivity index (χ1v) is 9.62. The summed E-state index contributed by atoms with van der Waals surface area (Å²) in [5, 5.41) is 3.80. The Kier molecular flexibility index (Phi) is 3.28. The molecule has 0 nitrogen and oxygen atoms in total. The third-order valence-electron chi connectivity index (χ3n) is 5.05. The summed E-state index contributed by atoms with van der Waals surface area (Å²) in [5.74, 6) is 2.85. The maximum absolute atomic E-state index is 4.03. The Balaban J connectivity index is 1.72. The van der Waals surface area contributed by atoms with E-state index in [0.29, 0.717) is 4.83 Å². The fourth-order valence-electron chi connectivity index (χ4n) is 4.14. The van der Waals surface area contributed by atoms with Gasteiger partial charge >= 0.3 is 0 Å². The van der Waals surface area contributed by atoms with Crippen LogP contribution in [0.15, 0.2) is 28.1 Å². The standard InChI is InChI=1S/C16H16Br2S/c17-14-3-1-2-11-13(8-19-16(11)14)15(18)12-7-9-4-5-10(12)6-9/h1-3,8-10,12,15H,4-7H2. The van der Waals surface area contributed by atoms with Crippen LogP contribution in [0.3, 0.4) is 0 Å². The Hall–Kier alpha value is 0.140. The van der Waals surface area contributed by atoms with E-state index in [1.54, 1.807) is 0 Å². The monoisotopic (exact) mass is 398 g/mol. The zero-order chi connectivity index (χ0) is 13.0. The molecule has 4 unspecified atom stereocenters. The minimum absolute atomic E-state index is 0.547. The molecule has 2 fully saturated rings. The summed E-state index contributed by atoms with van der Waals surface area (Å²) >= 11 is 9.57. The van der Waals surface area contributed by atoms with E-state index in [4.69, 9.17) is 0 Å². The molecule has 3 heteroatoms. The average Bonchev–Trinajstić information content (AvgIpc) is 3.12. The molecule has 0 spiro atoms. The lowest BCUT2D eigenvalue weighted by molar-refractivity contribution is 0.330. The van der Waals surface area contributed by atoms with Gasteiger partial charge in [-0.2, -0.15) is 0 Å². The number of fused-ring (bicyclic) bond motifs is 3. The van der Waals surface area contributed by atoms with E-state index in [-0.39, 0.29) is 0 Å². The molecule has 1 aromatic heterocycles. The highest BCUT2D eigenvalue weighted by Gasteiger charge is 2.43. The summed E-state index contributed by atoms with van der Waals surface area (Å²) in [6.07, 6.45) is 5.87. The molecular weight excluding hydrogens is 384 g/mol. The van der Waals surface area contributed by atoms with Crippen LogP contribution in [-0.2, 0) is 0 Å². The topological polar surface area (TPSA) is 0 Å². The van der Waals surface area contributed by atoms with Gasteiger partial charge in [0, 0.05) is 14.0 Å². The highest BCUT2D eigenvalue weighted by atomic mass is 79.9. The van der Waals surface area contributed by atoms with Crippen LogP contribution < -0.4 is 0 Å². The van der Waals surface area contributed by atoms with Crippen molar-refractivity contribution in [2.75, 3.05) is 0 Å². The van der Waals surface area contributed by atoms with E-state index >= 15 is 0 Å². The highest BCUT2D eigenvalue weighted by molar-refractivity contribution is 9.10. The molecule has 2 aliphatic rings. The van der Waals surface area contributed by atoms with Crippen molar-refractivity contribution >= 4 is 53.3 Å². The van der Waals surface area contributed by atoms with Crippen molar-refractivity contribution in [1.82, 2.24) is 0 Å². The molecule has 4 atom stereocenters. The molecule has 0 aliphatic heterocycles. The summed E-state index contributed by atoms with van der Waals surface area (Å²) in [6, 6.07) is 6.57. The molecule has 2 saturated carbocycles. The number of benzene rings is 1. The van der Waals surface area contributed by atoms with Crippen LogP contribution in [0.2, 0.25) is 0 Å². The molecule has 0 radical (unpaired) electrons. The van der Waals surface area contributed by atoms with Crippen molar-refractivity contribution in [2.24, 2.45) is 17.8 Å². The van der Waals surface area contributed by atoms with Gasteiger partial charge in [0.05, 0.1) is 0 Å². The van der Waals surface area contributed by atoms with Crippen molar-refractivity contribution in [3.05, 3.63) is 33.6 Å². The van der Waals surface area contributed by atoms with Gasteiger partial charge < -0.3 is 0 Å². The summed E-state index contributed by atoms with van der Waals surface area (Å²) in [6.45, 7) is 0. The molecule has 0 amide bonds. The Morgan fingerprint density at radius 3 is 2.84 bits per heavy atom. The van der Waals surface area contributed by atoms with Gasteiger partial charge in [-0.1, -0.05) is 34.5 Å². The summed E-state index contributed by atoms with van der Waals surface area (Å²) in [7, 11) is 0. The van der Waals surface area contributed by atoms with Gasteiger partial charge in [-0.25, -0.2) is 0 Å². The number of hydrogen-bond donors (Lipinski definition) is 0.